The van der Waals surface area contributed by atoms with Crippen LogP contribution in [0.5, 0.6) is 0 Å². The van der Waals surface area contributed by atoms with E-state index in [2.05, 4.69) is 15.5 Å². The lowest BCUT2D eigenvalue weighted by Gasteiger charge is -2.19. The lowest BCUT2D eigenvalue weighted by atomic mass is 9.88. The molecule has 4 N–H and O–H groups in total. The van der Waals surface area contributed by atoms with E-state index in [-0.39, 0.29) is 28.7 Å². The van der Waals surface area contributed by atoms with Gasteiger partial charge in [0.05, 0.1) is 22.3 Å². The second-order valence-corrected chi connectivity index (χ2v) is 9.04. The van der Waals surface area contributed by atoms with Crippen molar-refractivity contribution in [3.05, 3.63) is 94.8 Å². The number of carbonyl (C=O) groups excluding carboxylic acids is 2. The Bertz CT molecular complexity index is 1260. The van der Waals surface area contributed by atoms with Crippen LogP contribution in [0.1, 0.15) is 17.0 Å². The molecule has 2 atom stereocenters. The van der Waals surface area contributed by atoms with E-state index in [0.29, 0.717) is 23.6 Å². The van der Waals surface area contributed by atoms with Crippen molar-refractivity contribution < 1.29 is 14.0 Å². The van der Waals surface area contributed by atoms with Crippen LogP contribution >= 0.6 is 11.6 Å². The molecule has 1 fully saturated rings. The Morgan fingerprint density at radius 1 is 1.06 bits per heavy atom. The van der Waals surface area contributed by atoms with Gasteiger partial charge in [-0.15, -0.1) is 0 Å². The molecule has 0 radical (unpaired) electrons. The van der Waals surface area contributed by atoms with Gasteiger partial charge in [-0.25, -0.2) is 4.39 Å². The second-order valence-electron chi connectivity index (χ2n) is 8.63. The summed E-state index contributed by atoms with van der Waals surface area (Å²) < 4.78 is 13.4. The molecule has 0 unspecified atom stereocenters. The minimum absolute atomic E-state index is 0.00157. The molecule has 2 amide bonds. The lowest BCUT2D eigenvalue weighted by Crippen LogP contribution is -2.28. The Hall–Kier alpha value is -3.68. The highest BCUT2D eigenvalue weighted by molar-refractivity contribution is 6.31. The number of halogens is 2. The van der Waals surface area contributed by atoms with Crippen LogP contribution in [0.3, 0.4) is 0 Å². The van der Waals surface area contributed by atoms with Crippen molar-refractivity contribution >= 4 is 46.6 Å². The molecular weight excluding hydrogens is 467 g/mol. The van der Waals surface area contributed by atoms with Gasteiger partial charge >= 0.3 is 0 Å². The summed E-state index contributed by atoms with van der Waals surface area (Å²) in [4.78, 5) is 27.4. The quantitative estimate of drug-likeness (QED) is 0.334. The van der Waals surface area contributed by atoms with Crippen LogP contribution in [0.15, 0.2) is 72.8 Å². The smallest absolute Gasteiger partial charge is 0.248 e. The molecule has 6 nitrogen and oxygen atoms in total. The summed E-state index contributed by atoms with van der Waals surface area (Å²) in [6.45, 7) is 1.34. The number of hydrogen-bond acceptors (Lipinski definition) is 4. The molecule has 0 aromatic heterocycles. The van der Waals surface area contributed by atoms with Gasteiger partial charge in [0.15, 0.2) is 0 Å². The van der Waals surface area contributed by atoms with Gasteiger partial charge in [0.2, 0.25) is 11.8 Å². The molecule has 0 saturated carbocycles. The van der Waals surface area contributed by atoms with Crippen molar-refractivity contribution in [1.29, 1.82) is 0 Å². The average molecular weight is 493 g/mol. The van der Waals surface area contributed by atoms with Crippen LogP contribution in [-0.4, -0.2) is 36.9 Å². The number of rotatable bonds is 6. The summed E-state index contributed by atoms with van der Waals surface area (Å²) in [5, 5.41) is 5.58. The first kappa shape index (κ1) is 24.4. The number of hydrogen-bond donors (Lipinski definition) is 3. The standard InChI is InChI=1S/C27H26ClFN4O2/c1-33-15-20(21(16-33)27(35)31-19-11-12-23(29)22(28)14-19)18-9-6-17(7-10-18)8-13-26(34)32-25-5-3-2-4-24(25)30/h2-14,20-21H,15-16,30H2,1H3,(H,31,35)(H,32,34)/b13-8+/t20-,21+/m1/s1. The van der Waals surface area contributed by atoms with Crippen LogP contribution < -0.4 is 16.4 Å². The number of amides is 2. The van der Waals surface area contributed by atoms with E-state index in [0.717, 1.165) is 17.7 Å². The molecule has 3 aromatic rings. The topological polar surface area (TPSA) is 87.5 Å². The largest absolute Gasteiger partial charge is 0.397 e. The maximum atomic E-state index is 13.4. The van der Waals surface area contributed by atoms with E-state index < -0.39 is 5.82 Å². The van der Waals surface area contributed by atoms with E-state index >= 15 is 0 Å². The zero-order valence-electron chi connectivity index (χ0n) is 19.2. The first-order valence-corrected chi connectivity index (χ1v) is 11.6. The molecule has 1 heterocycles. The number of para-hydroxylation sites is 2. The van der Waals surface area contributed by atoms with Crippen molar-refractivity contribution in [3.8, 4) is 0 Å². The van der Waals surface area contributed by atoms with Crippen LogP contribution in [-0.2, 0) is 9.59 Å². The molecule has 3 aromatic carbocycles. The fourth-order valence-corrected chi connectivity index (χ4v) is 4.40. The molecule has 1 aliphatic heterocycles. The normalized spacial score (nSPS) is 18.0. The Morgan fingerprint density at radius 2 is 1.80 bits per heavy atom. The zero-order valence-corrected chi connectivity index (χ0v) is 19.9. The summed E-state index contributed by atoms with van der Waals surface area (Å²) in [5.74, 6) is -1.21. The third kappa shape index (κ3) is 6.07. The van der Waals surface area contributed by atoms with Crippen LogP contribution in [0, 0.1) is 11.7 Å². The van der Waals surface area contributed by atoms with Gasteiger partial charge in [-0.3, -0.25) is 9.59 Å². The number of nitrogens with two attached hydrogens (primary N) is 1. The van der Waals surface area contributed by atoms with Crippen LogP contribution in [0.25, 0.3) is 6.08 Å². The van der Waals surface area contributed by atoms with Gasteiger partial charge in [0.1, 0.15) is 5.82 Å². The van der Waals surface area contributed by atoms with Crippen LogP contribution in [0.2, 0.25) is 5.02 Å². The minimum Gasteiger partial charge on any atom is -0.397 e. The number of benzene rings is 3. The van der Waals surface area contributed by atoms with Crippen molar-refractivity contribution in [2.45, 2.75) is 5.92 Å². The van der Waals surface area contributed by atoms with Crippen molar-refractivity contribution in [3.63, 3.8) is 0 Å². The number of nitrogens with one attached hydrogen (secondary N) is 2. The first-order chi connectivity index (χ1) is 16.8. The summed E-state index contributed by atoms with van der Waals surface area (Å²) >= 11 is 5.84. The molecule has 1 saturated heterocycles. The number of nitrogens with zero attached hydrogens (tertiary/aromatic N) is 1. The molecule has 35 heavy (non-hydrogen) atoms. The van der Waals surface area contributed by atoms with Gasteiger partial charge in [0, 0.05) is 30.8 Å². The highest BCUT2D eigenvalue weighted by Gasteiger charge is 2.37. The molecule has 180 valence electrons. The predicted molar refractivity (Wildman–Crippen MR) is 139 cm³/mol. The summed E-state index contributed by atoms with van der Waals surface area (Å²) in [6.07, 6.45) is 3.18. The van der Waals surface area contributed by atoms with E-state index in [9.17, 15) is 14.0 Å². The molecule has 4 rings (SSSR count). The van der Waals surface area contributed by atoms with Gasteiger partial charge in [-0.1, -0.05) is 48.0 Å². The zero-order chi connectivity index (χ0) is 24.9. The Kier molecular flexibility index (Phi) is 7.48. The number of anilines is 3. The lowest BCUT2D eigenvalue weighted by molar-refractivity contribution is -0.119. The van der Waals surface area contributed by atoms with Gasteiger partial charge in [-0.2, -0.15) is 0 Å². The number of carbonyl (C=O) groups is 2. The summed E-state index contributed by atoms with van der Waals surface area (Å²) in [6, 6.07) is 19.0. The maximum Gasteiger partial charge on any atom is 0.248 e. The first-order valence-electron chi connectivity index (χ1n) is 11.2. The summed E-state index contributed by atoms with van der Waals surface area (Å²) in [7, 11) is 1.98. The molecule has 8 heteroatoms. The van der Waals surface area contributed by atoms with Gasteiger partial charge in [-0.05, 0) is 54.6 Å². The molecular formula is C27H26ClFN4O2. The Labute approximate surface area is 208 Å². The van der Waals surface area contributed by atoms with E-state index in [1.165, 1.54) is 24.3 Å². The SMILES string of the molecule is CN1C[C@H](C(=O)Nc2ccc(F)c(Cl)c2)[C@@H](c2ccc(/C=C/C(=O)Nc3ccccc3N)cc2)C1. The molecule has 0 aliphatic carbocycles. The summed E-state index contributed by atoms with van der Waals surface area (Å²) in [5.41, 5.74) is 9.28. The van der Waals surface area contributed by atoms with Crippen molar-refractivity contribution in [2.24, 2.45) is 5.92 Å². The molecule has 0 spiro atoms. The third-order valence-corrected chi connectivity index (χ3v) is 6.33. The molecule has 1 aliphatic rings. The minimum atomic E-state index is -0.529. The predicted octanol–water partition coefficient (Wildman–Crippen LogP) is 5.00. The maximum absolute atomic E-state index is 13.4. The average Bonchev–Trinajstić information content (AvgIpc) is 3.24. The Morgan fingerprint density at radius 3 is 2.51 bits per heavy atom. The van der Waals surface area contributed by atoms with Gasteiger partial charge in [0.25, 0.3) is 0 Å². The third-order valence-electron chi connectivity index (χ3n) is 6.04. The van der Waals surface area contributed by atoms with E-state index in [1.807, 2.05) is 31.3 Å². The van der Waals surface area contributed by atoms with E-state index in [4.69, 9.17) is 17.3 Å². The fourth-order valence-electron chi connectivity index (χ4n) is 4.22. The highest BCUT2D eigenvalue weighted by atomic mass is 35.5. The number of nitrogen functional groups attached to an aromatic ring is 1. The van der Waals surface area contributed by atoms with Gasteiger partial charge < -0.3 is 21.3 Å². The van der Waals surface area contributed by atoms with E-state index in [1.54, 1.807) is 30.3 Å². The van der Waals surface area contributed by atoms with Crippen molar-refractivity contribution in [2.75, 3.05) is 36.5 Å². The fraction of sp³-hybridized carbons (Fsp3) is 0.185. The highest BCUT2D eigenvalue weighted by Crippen LogP contribution is 2.33. The number of likely N-dealkylation sites (N-methyl/N-ethyl adjacent to an activating group) is 1. The van der Waals surface area contributed by atoms with Crippen molar-refractivity contribution in [1.82, 2.24) is 4.90 Å². The second kappa shape index (κ2) is 10.7. The molecule has 0 bridgehead atoms. The van der Waals surface area contributed by atoms with Crippen LogP contribution in [0.4, 0.5) is 21.5 Å². The monoisotopic (exact) mass is 492 g/mol. The number of likely N-dealkylation sites (tertiary alicyclic amines) is 1. The Balaban J connectivity index is 1.41.